The van der Waals surface area contributed by atoms with Crippen LogP contribution in [0.2, 0.25) is 0 Å². The first kappa shape index (κ1) is 20.7. The summed E-state index contributed by atoms with van der Waals surface area (Å²) in [6.07, 6.45) is 10.1. The van der Waals surface area contributed by atoms with Gasteiger partial charge in [-0.3, -0.25) is 19.6 Å². The molecule has 3 aliphatic rings. The Hall–Kier alpha value is -1.60. The first-order valence-electron chi connectivity index (χ1n) is 10.7. The number of carbonyl (C=O) groups is 2. The van der Waals surface area contributed by atoms with Crippen molar-refractivity contribution in [2.24, 2.45) is 11.8 Å². The lowest BCUT2D eigenvalue weighted by atomic mass is 9.98. The van der Waals surface area contributed by atoms with Crippen molar-refractivity contribution in [3.05, 3.63) is 24.0 Å². The Bertz CT molecular complexity index is 764. The summed E-state index contributed by atoms with van der Waals surface area (Å²) in [5, 5.41) is 2.38. The maximum absolute atomic E-state index is 13.9. The molecule has 0 aromatic heterocycles. The number of imide groups is 1. The van der Waals surface area contributed by atoms with E-state index in [4.69, 9.17) is 4.74 Å². The van der Waals surface area contributed by atoms with Gasteiger partial charge in [0.2, 0.25) is 11.8 Å². The molecule has 1 aliphatic heterocycles. The number of halogens is 1. The zero-order chi connectivity index (χ0) is 20.3. The third-order valence-electron chi connectivity index (χ3n) is 6.09. The highest BCUT2D eigenvalue weighted by molar-refractivity contribution is 7.97. The minimum absolute atomic E-state index is 0.105. The molecule has 5 nitrogen and oxygen atoms in total. The molecule has 2 N–H and O–H groups in total. The summed E-state index contributed by atoms with van der Waals surface area (Å²) >= 11 is 1.56. The van der Waals surface area contributed by atoms with E-state index in [9.17, 15) is 14.0 Å². The second-order valence-corrected chi connectivity index (χ2v) is 9.62. The molecule has 1 heterocycles. The van der Waals surface area contributed by atoms with Crippen LogP contribution in [0.3, 0.4) is 0 Å². The fourth-order valence-electron chi connectivity index (χ4n) is 3.74. The first-order chi connectivity index (χ1) is 14.0. The van der Waals surface area contributed by atoms with Gasteiger partial charge in [0.05, 0.1) is 6.61 Å². The predicted molar refractivity (Wildman–Crippen MR) is 110 cm³/mol. The van der Waals surface area contributed by atoms with Crippen LogP contribution in [0.15, 0.2) is 23.1 Å². The third kappa shape index (κ3) is 5.95. The van der Waals surface area contributed by atoms with Gasteiger partial charge in [-0.05, 0) is 74.6 Å². The Balaban J connectivity index is 1.15. The number of benzene rings is 1. The average molecular weight is 421 g/mol. The SMILES string of the molecule is O=C1CC(CCCCCC2(NSc3ccc(F)c(OCC4CC4)c3)CC2)C(=O)N1. The van der Waals surface area contributed by atoms with Gasteiger partial charge in [-0.1, -0.05) is 19.3 Å². The van der Waals surface area contributed by atoms with E-state index in [1.165, 1.54) is 18.9 Å². The first-order valence-corrected chi connectivity index (χ1v) is 11.5. The van der Waals surface area contributed by atoms with Gasteiger partial charge >= 0.3 is 0 Å². The highest BCUT2D eigenvalue weighted by Gasteiger charge is 2.41. The molecule has 2 aliphatic carbocycles. The van der Waals surface area contributed by atoms with Crippen LogP contribution < -0.4 is 14.8 Å². The lowest BCUT2D eigenvalue weighted by Gasteiger charge is -2.17. The molecule has 7 heteroatoms. The molecular weight excluding hydrogens is 391 g/mol. The highest BCUT2D eigenvalue weighted by atomic mass is 32.2. The van der Waals surface area contributed by atoms with Gasteiger partial charge < -0.3 is 4.74 Å². The fourth-order valence-corrected chi connectivity index (χ4v) is 4.68. The second-order valence-electron chi connectivity index (χ2n) is 8.74. The van der Waals surface area contributed by atoms with Crippen LogP contribution in [0.5, 0.6) is 5.75 Å². The van der Waals surface area contributed by atoms with Gasteiger partial charge in [-0.2, -0.15) is 0 Å². The number of hydrogen-bond acceptors (Lipinski definition) is 5. The molecule has 3 fully saturated rings. The van der Waals surface area contributed by atoms with Crippen molar-refractivity contribution < 1.29 is 18.7 Å². The summed E-state index contributed by atoms with van der Waals surface area (Å²) in [7, 11) is 0. The predicted octanol–water partition coefficient (Wildman–Crippen LogP) is 4.36. The summed E-state index contributed by atoms with van der Waals surface area (Å²) in [6, 6.07) is 5.07. The normalized spacial score (nSPS) is 22.6. The van der Waals surface area contributed by atoms with E-state index < -0.39 is 0 Å². The molecule has 1 aromatic carbocycles. The lowest BCUT2D eigenvalue weighted by Crippen LogP contribution is -2.24. The van der Waals surface area contributed by atoms with Crippen molar-refractivity contribution >= 4 is 23.8 Å². The van der Waals surface area contributed by atoms with Crippen LogP contribution in [-0.4, -0.2) is 24.0 Å². The second kappa shape index (κ2) is 9.04. The topological polar surface area (TPSA) is 67.4 Å². The van der Waals surface area contributed by atoms with Gasteiger partial charge in [0.25, 0.3) is 0 Å². The summed E-state index contributed by atoms with van der Waals surface area (Å²) in [5.74, 6) is 0.284. The number of carbonyl (C=O) groups excluding carboxylic acids is 2. The van der Waals surface area contributed by atoms with Crippen LogP contribution in [-0.2, 0) is 9.59 Å². The van der Waals surface area contributed by atoms with Crippen molar-refractivity contribution in [2.75, 3.05) is 6.61 Å². The number of hydrogen-bond donors (Lipinski definition) is 2. The molecule has 1 atom stereocenters. The molecule has 1 unspecified atom stereocenters. The largest absolute Gasteiger partial charge is 0.490 e. The molecule has 2 saturated carbocycles. The van der Waals surface area contributed by atoms with Crippen LogP contribution in [0.4, 0.5) is 4.39 Å². The molecule has 4 rings (SSSR count). The van der Waals surface area contributed by atoms with E-state index in [0.29, 0.717) is 24.7 Å². The van der Waals surface area contributed by atoms with E-state index in [0.717, 1.165) is 49.8 Å². The Morgan fingerprint density at radius 3 is 2.72 bits per heavy atom. The van der Waals surface area contributed by atoms with Crippen molar-refractivity contribution in [1.82, 2.24) is 10.0 Å². The van der Waals surface area contributed by atoms with Crippen molar-refractivity contribution in [1.29, 1.82) is 0 Å². The number of unbranched alkanes of at least 4 members (excludes halogenated alkanes) is 2. The quantitative estimate of drug-likeness (QED) is 0.299. The minimum Gasteiger partial charge on any atom is -0.490 e. The van der Waals surface area contributed by atoms with Crippen molar-refractivity contribution in [3.8, 4) is 5.75 Å². The molecule has 2 amide bonds. The van der Waals surface area contributed by atoms with Gasteiger partial charge in [0, 0.05) is 22.8 Å². The summed E-state index contributed by atoms with van der Waals surface area (Å²) in [5.41, 5.74) is 0.175. The molecule has 158 valence electrons. The van der Waals surface area contributed by atoms with Crippen LogP contribution >= 0.6 is 11.9 Å². The van der Waals surface area contributed by atoms with Gasteiger partial charge in [-0.25, -0.2) is 4.39 Å². The number of ether oxygens (including phenoxy) is 1. The standard InChI is InChI=1S/C22H29FN2O3S/c23-18-8-7-17(13-19(18)28-14-15-5-6-15)29-25-22(10-11-22)9-3-1-2-4-16-12-20(26)24-21(16)27/h7-8,13,15-16,25H,1-6,9-12,14H2,(H,24,26,27). The fraction of sp³-hybridized carbons (Fsp3) is 0.636. The molecule has 1 aromatic rings. The molecule has 0 radical (unpaired) electrons. The van der Waals surface area contributed by atoms with Gasteiger partial charge in [0.15, 0.2) is 11.6 Å². The highest BCUT2D eigenvalue weighted by Crippen LogP contribution is 2.43. The van der Waals surface area contributed by atoms with Crippen LogP contribution in [0.25, 0.3) is 0 Å². The van der Waals surface area contributed by atoms with Crippen LogP contribution in [0, 0.1) is 17.7 Å². The average Bonchev–Trinajstić information content (AvgIpc) is 3.61. The number of amides is 2. The van der Waals surface area contributed by atoms with Gasteiger partial charge in [-0.15, -0.1) is 0 Å². The zero-order valence-corrected chi connectivity index (χ0v) is 17.5. The maximum atomic E-state index is 13.9. The zero-order valence-electron chi connectivity index (χ0n) is 16.7. The Labute approximate surface area is 175 Å². The number of nitrogens with one attached hydrogen (secondary N) is 2. The summed E-state index contributed by atoms with van der Waals surface area (Å²) < 4.78 is 23.1. The van der Waals surface area contributed by atoms with Crippen LogP contribution in [0.1, 0.15) is 64.2 Å². The Kier molecular flexibility index (Phi) is 6.44. The summed E-state index contributed by atoms with van der Waals surface area (Å²) in [4.78, 5) is 23.8. The molecule has 29 heavy (non-hydrogen) atoms. The van der Waals surface area contributed by atoms with E-state index in [2.05, 4.69) is 10.0 Å². The Morgan fingerprint density at radius 2 is 2.03 bits per heavy atom. The Morgan fingerprint density at radius 1 is 1.21 bits per heavy atom. The molecule has 1 saturated heterocycles. The summed E-state index contributed by atoms with van der Waals surface area (Å²) in [6.45, 7) is 0.610. The lowest BCUT2D eigenvalue weighted by molar-refractivity contribution is -0.125. The third-order valence-corrected chi connectivity index (χ3v) is 7.11. The van der Waals surface area contributed by atoms with E-state index in [1.54, 1.807) is 24.1 Å². The van der Waals surface area contributed by atoms with E-state index >= 15 is 0 Å². The van der Waals surface area contributed by atoms with E-state index in [1.807, 2.05) is 0 Å². The number of rotatable bonds is 12. The molecule has 0 bridgehead atoms. The minimum atomic E-state index is -0.297. The maximum Gasteiger partial charge on any atom is 0.230 e. The molecular formula is C22H29FN2O3S. The van der Waals surface area contributed by atoms with E-state index in [-0.39, 0.29) is 29.1 Å². The molecule has 0 spiro atoms. The van der Waals surface area contributed by atoms with Crippen molar-refractivity contribution in [2.45, 2.75) is 74.6 Å². The van der Waals surface area contributed by atoms with Crippen molar-refractivity contribution in [3.63, 3.8) is 0 Å². The monoisotopic (exact) mass is 420 g/mol. The smallest absolute Gasteiger partial charge is 0.230 e. The van der Waals surface area contributed by atoms with Gasteiger partial charge in [0.1, 0.15) is 0 Å².